The molecular formula is C21H25ClFN3O2. The minimum atomic E-state index is -0.461. The van der Waals surface area contributed by atoms with Gasteiger partial charge in [-0.05, 0) is 62.1 Å². The Kier molecular flexibility index (Phi) is 5.91. The Morgan fingerprint density at radius 1 is 1.32 bits per heavy atom. The summed E-state index contributed by atoms with van der Waals surface area (Å²) in [7, 11) is 1.85. The van der Waals surface area contributed by atoms with E-state index >= 15 is 0 Å². The third kappa shape index (κ3) is 3.59. The molecule has 1 N–H and O–H groups in total. The normalized spacial score (nSPS) is 23.9. The van der Waals surface area contributed by atoms with Crippen LogP contribution in [0.25, 0.3) is 11.1 Å². The van der Waals surface area contributed by atoms with Gasteiger partial charge in [-0.15, -0.1) is 12.4 Å². The van der Waals surface area contributed by atoms with Crippen molar-refractivity contribution in [3.8, 4) is 16.9 Å². The first-order valence-electron chi connectivity index (χ1n) is 9.44. The van der Waals surface area contributed by atoms with Gasteiger partial charge in [0.05, 0.1) is 18.3 Å². The molecule has 0 radical (unpaired) electrons. The van der Waals surface area contributed by atoms with Gasteiger partial charge in [0.25, 0.3) is 0 Å². The summed E-state index contributed by atoms with van der Waals surface area (Å²) in [6, 6.07) is 8.49. The standard InChI is InChI=1S/C21H24FN3O2.ClH/c1-3-27-15-4-5-17(22)16(13-15)14-7-10-23-19(12-14)18-6-8-21(24-18)9-11-25(2)20(21)26;/h4-5,7,10,12-13,18,24H,3,6,8-9,11H2,1-2H3;1H/t18-,21-;/m0./s1. The quantitative estimate of drug-likeness (QED) is 0.842. The minimum Gasteiger partial charge on any atom is -0.494 e. The average molecular weight is 406 g/mol. The molecule has 2 fully saturated rings. The van der Waals surface area contributed by atoms with E-state index in [9.17, 15) is 9.18 Å². The first kappa shape index (κ1) is 20.6. The van der Waals surface area contributed by atoms with Gasteiger partial charge < -0.3 is 9.64 Å². The number of halogens is 2. The van der Waals surface area contributed by atoms with E-state index in [1.165, 1.54) is 6.07 Å². The summed E-state index contributed by atoms with van der Waals surface area (Å²) in [5, 5.41) is 3.52. The van der Waals surface area contributed by atoms with Crippen LogP contribution in [0.15, 0.2) is 36.5 Å². The molecule has 150 valence electrons. The lowest BCUT2D eigenvalue weighted by molar-refractivity contribution is -0.131. The predicted octanol–water partition coefficient (Wildman–Crippen LogP) is 3.73. The molecule has 1 aromatic carbocycles. The molecule has 2 saturated heterocycles. The highest BCUT2D eigenvalue weighted by molar-refractivity contribution is 5.88. The maximum atomic E-state index is 14.4. The number of rotatable bonds is 4. The topological polar surface area (TPSA) is 54.5 Å². The predicted molar refractivity (Wildman–Crippen MR) is 108 cm³/mol. The zero-order valence-electron chi connectivity index (χ0n) is 16.1. The van der Waals surface area contributed by atoms with E-state index in [0.717, 1.165) is 37.1 Å². The van der Waals surface area contributed by atoms with E-state index in [0.29, 0.717) is 17.9 Å². The van der Waals surface area contributed by atoms with Gasteiger partial charge >= 0.3 is 0 Å². The van der Waals surface area contributed by atoms with E-state index in [1.807, 2.05) is 20.0 Å². The summed E-state index contributed by atoms with van der Waals surface area (Å²) >= 11 is 0. The lowest BCUT2D eigenvalue weighted by Crippen LogP contribution is -2.47. The molecule has 28 heavy (non-hydrogen) atoms. The number of nitrogens with one attached hydrogen (secondary N) is 1. The number of carbonyl (C=O) groups excluding carboxylic acids is 1. The van der Waals surface area contributed by atoms with E-state index in [4.69, 9.17) is 4.74 Å². The minimum absolute atomic E-state index is 0. The van der Waals surface area contributed by atoms with Gasteiger partial charge in [0.1, 0.15) is 17.1 Å². The van der Waals surface area contributed by atoms with Crippen molar-refractivity contribution < 1.29 is 13.9 Å². The Hall–Kier alpha value is -2.18. The smallest absolute Gasteiger partial charge is 0.242 e. The highest BCUT2D eigenvalue weighted by Crippen LogP contribution is 2.39. The van der Waals surface area contributed by atoms with Crippen LogP contribution in [-0.2, 0) is 4.79 Å². The van der Waals surface area contributed by atoms with Gasteiger partial charge in [0.2, 0.25) is 5.91 Å². The highest BCUT2D eigenvalue weighted by Gasteiger charge is 2.50. The summed E-state index contributed by atoms with van der Waals surface area (Å²) in [5.41, 5.74) is 1.63. The van der Waals surface area contributed by atoms with Gasteiger partial charge in [-0.3, -0.25) is 15.1 Å². The van der Waals surface area contributed by atoms with Gasteiger partial charge in [-0.2, -0.15) is 0 Å². The maximum absolute atomic E-state index is 14.4. The van der Waals surface area contributed by atoms with Gasteiger partial charge in [-0.25, -0.2) is 4.39 Å². The molecule has 0 saturated carbocycles. The van der Waals surface area contributed by atoms with E-state index in [1.54, 1.807) is 29.3 Å². The Morgan fingerprint density at radius 3 is 2.86 bits per heavy atom. The van der Waals surface area contributed by atoms with Crippen LogP contribution in [0.3, 0.4) is 0 Å². The number of carbonyl (C=O) groups is 1. The van der Waals surface area contributed by atoms with Crippen molar-refractivity contribution in [1.29, 1.82) is 0 Å². The van der Waals surface area contributed by atoms with Gasteiger partial charge in [0.15, 0.2) is 0 Å². The Balaban J connectivity index is 0.00000225. The lowest BCUT2D eigenvalue weighted by Gasteiger charge is -2.23. The third-order valence-corrected chi connectivity index (χ3v) is 5.64. The monoisotopic (exact) mass is 405 g/mol. The van der Waals surface area contributed by atoms with Crippen LogP contribution < -0.4 is 10.1 Å². The Bertz CT molecular complexity index is 878. The second-order valence-corrected chi connectivity index (χ2v) is 7.34. The van der Waals surface area contributed by atoms with Crippen LogP contribution in [0.2, 0.25) is 0 Å². The summed E-state index contributed by atoms with van der Waals surface area (Å²) < 4.78 is 19.9. The number of likely N-dealkylation sites (tertiary alicyclic amines) is 1. The zero-order valence-corrected chi connectivity index (χ0v) is 16.9. The van der Waals surface area contributed by atoms with E-state index < -0.39 is 5.54 Å². The molecule has 5 nitrogen and oxygen atoms in total. The van der Waals surface area contributed by atoms with Gasteiger partial charge in [-0.1, -0.05) is 0 Å². The van der Waals surface area contributed by atoms with Crippen LogP contribution in [0.1, 0.15) is 37.9 Å². The van der Waals surface area contributed by atoms with Crippen molar-refractivity contribution in [2.45, 2.75) is 37.8 Å². The summed E-state index contributed by atoms with van der Waals surface area (Å²) in [5.74, 6) is 0.514. The number of likely N-dealkylation sites (N-methyl/N-ethyl adjacent to an activating group) is 1. The summed E-state index contributed by atoms with van der Waals surface area (Å²) in [6.45, 7) is 3.21. The Morgan fingerprint density at radius 2 is 2.14 bits per heavy atom. The molecule has 0 unspecified atom stereocenters. The number of hydrogen-bond donors (Lipinski definition) is 1. The zero-order chi connectivity index (χ0) is 19.0. The molecule has 2 aliphatic rings. The molecule has 2 atom stereocenters. The second-order valence-electron chi connectivity index (χ2n) is 7.34. The lowest BCUT2D eigenvalue weighted by atomic mass is 9.96. The van der Waals surface area contributed by atoms with Crippen molar-refractivity contribution in [2.24, 2.45) is 0 Å². The number of pyridine rings is 1. The highest BCUT2D eigenvalue weighted by atomic mass is 35.5. The largest absolute Gasteiger partial charge is 0.494 e. The number of aromatic nitrogens is 1. The first-order chi connectivity index (χ1) is 13.0. The second kappa shape index (κ2) is 8.05. The average Bonchev–Trinajstić information content (AvgIpc) is 3.24. The fraction of sp³-hybridized carbons (Fsp3) is 0.429. The maximum Gasteiger partial charge on any atom is 0.242 e. The molecule has 2 aromatic rings. The number of benzene rings is 1. The van der Waals surface area contributed by atoms with Crippen molar-refractivity contribution in [1.82, 2.24) is 15.2 Å². The molecule has 0 aliphatic carbocycles. The molecule has 2 aliphatic heterocycles. The van der Waals surface area contributed by atoms with Crippen LogP contribution in [0.4, 0.5) is 4.39 Å². The molecule has 3 heterocycles. The fourth-order valence-electron chi connectivity index (χ4n) is 4.18. The number of nitrogens with zero attached hydrogens (tertiary/aromatic N) is 2. The molecule has 1 spiro atoms. The van der Waals surface area contributed by atoms with E-state index in [-0.39, 0.29) is 30.2 Å². The van der Waals surface area contributed by atoms with Crippen LogP contribution >= 0.6 is 12.4 Å². The number of ether oxygens (including phenoxy) is 1. The molecule has 7 heteroatoms. The van der Waals surface area contributed by atoms with Crippen molar-refractivity contribution in [3.05, 3.63) is 48.0 Å². The summed E-state index contributed by atoms with van der Waals surface area (Å²) in [4.78, 5) is 18.8. The third-order valence-electron chi connectivity index (χ3n) is 5.64. The van der Waals surface area contributed by atoms with Gasteiger partial charge in [0, 0.05) is 25.4 Å². The molecule has 1 amide bonds. The van der Waals surface area contributed by atoms with Crippen molar-refractivity contribution >= 4 is 18.3 Å². The Labute approximate surface area is 170 Å². The SMILES string of the molecule is CCOc1ccc(F)c(-c2ccnc([C@@H]3CC[C@@]4(CCN(C)C4=O)N3)c2)c1.Cl. The first-order valence-corrected chi connectivity index (χ1v) is 9.44. The molecule has 0 bridgehead atoms. The molecule has 1 aromatic heterocycles. The van der Waals surface area contributed by atoms with Crippen molar-refractivity contribution in [3.63, 3.8) is 0 Å². The van der Waals surface area contributed by atoms with Crippen LogP contribution in [-0.4, -0.2) is 41.5 Å². The van der Waals surface area contributed by atoms with Crippen molar-refractivity contribution in [2.75, 3.05) is 20.2 Å². The van der Waals surface area contributed by atoms with Crippen LogP contribution in [0.5, 0.6) is 5.75 Å². The summed E-state index contributed by atoms with van der Waals surface area (Å²) in [6.07, 6.45) is 4.18. The number of hydrogen-bond acceptors (Lipinski definition) is 4. The molecular weight excluding hydrogens is 381 g/mol. The fourth-order valence-corrected chi connectivity index (χ4v) is 4.18. The van der Waals surface area contributed by atoms with Crippen LogP contribution in [0, 0.1) is 5.82 Å². The number of amides is 1. The molecule has 4 rings (SSSR count). The van der Waals surface area contributed by atoms with E-state index in [2.05, 4.69) is 10.3 Å².